The van der Waals surface area contributed by atoms with Crippen LogP contribution in [-0.4, -0.2) is 11.2 Å². The number of nitrogens with zero attached hydrogens (tertiary/aromatic N) is 1. The molecule has 2 aromatic rings. The van der Waals surface area contributed by atoms with Crippen molar-refractivity contribution in [1.29, 1.82) is 0 Å². The lowest BCUT2D eigenvalue weighted by Gasteiger charge is -2.17. The van der Waals surface area contributed by atoms with Crippen LogP contribution in [0.5, 0.6) is 0 Å². The van der Waals surface area contributed by atoms with Gasteiger partial charge in [0.2, 0.25) is 0 Å². The molecule has 0 bridgehead atoms. The first-order chi connectivity index (χ1) is 9.49. The van der Waals surface area contributed by atoms with Crippen LogP contribution in [0.15, 0.2) is 36.5 Å². The van der Waals surface area contributed by atoms with Crippen molar-refractivity contribution in [2.24, 2.45) is 5.84 Å². The van der Waals surface area contributed by atoms with Gasteiger partial charge >= 0.3 is 6.18 Å². The number of hydrogen-bond acceptors (Lipinski definition) is 3. The topological polar surface area (TPSA) is 50.9 Å². The molecule has 0 saturated carbocycles. The van der Waals surface area contributed by atoms with Crippen LogP contribution < -0.4 is 11.3 Å². The monoisotopic (exact) mass is 283 g/mol. The first kappa shape index (κ1) is 14.7. The molecule has 0 radical (unpaired) electrons. The van der Waals surface area contributed by atoms with E-state index in [4.69, 9.17) is 5.84 Å². The average Bonchev–Trinajstić information content (AvgIpc) is 2.42. The third kappa shape index (κ3) is 3.91. The Morgan fingerprint density at radius 3 is 2.75 bits per heavy atom. The molecule has 1 aromatic carbocycles. The number of nitrogens with one attached hydrogen (secondary N) is 1. The molecule has 1 heterocycles. The molecule has 3 nitrogen and oxygen atoms in total. The minimum Gasteiger partial charge on any atom is -0.271 e. The first-order valence-corrected chi connectivity index (χ1v) is 6.37. The Labute approximate surface area is 115 Å². The summed E-state index contributed by atoms with van der Waals surface area (Å²) in [5, 5.41) is 0.945. The Hall–Kier alpha value is -1.66. The summed E-state index contributed by atoms with van der Waals surface area (Å²) in [4.78, 5) is 4.20. The molecule has 20 heavy (non-hydrogen) atoms. The van der Waals surface area contributed by atoms with Gasteiger partial charge in [-0.05, 0) is 36.6 Å². The second-order valence-corrected chi connectivity index (χ2v) is 4.68. The van der Waals surface area contributed by atoms with Gasteiger partial charge in [0.15, 0.2) is 0 Å². The third-order valence-corrected chi connectivity index (χ3v) is 3.18. The fourth-order valence-electron chi connectivity index (χ4n) is 2.16. The van der Waals surface area contributed by atoms with E-state index in [1.165, 1.54) is 0 Å². The summed E-state index contributed by atoms with van der Waals surface area (Å²) in [6.45, 7) is 0. The highest BCUT2D eigenvalue weighted by Crippen LogP contribution is 2.27. The molecule has 0 fully saturated rings. The van der Waals surface area contributed by atoms with Gasteiger partial charge in [0.1, 0.15) is 0 Å². The highest BCUT2D eigenvalue weighted by Gasteiger charge is 2.26. The zero-order valence-corrected chi connectivity index (χ0v) is 10.8. The van der Waals surface area contributed by atoms with Crippen LogP contribution >= 0.6 is 0 Å². The molecule has 1 atom stereocenters. The van der Waals surface area contributed by atoms with Crippen molar-refractivity contribution in [2.45, 2.75) is 31.5 Å². The summed E-state index contributed by atoms with van der Waals surface area (Å²) in [7, 11) is 0. The molecule has 6 heteroatoms. The highest BCUT2D eigenvalue weighted by molar-refractivity contribution is 5.79. The predicted molar refractivity (Wildman–Crippen MR) is 71.7 cm³/mol. The highest BCUT2D eigenvalue weighted by atomic mass is 19.4. The number of rotatable bonds is 5. The standard InChI is InChI=1S/C14H16F3N3/c15-14(16,17)7-1-4-13(20-18)11-5-6-12-10(9-11)3-2-8-19-12/h2-3,5-6,8-9,13,20H,1,4,7,18H2. The minimum absolute atomic E-state index is 0.0451. The zero-order chi connectivity index (χ0) is 14.6. The predicted octanol–water partition coefficient (Wildman–Crippen LogP) is 3.47. The number of nitrogens with two attached hydrogens (primary N) is 1. The Morgan fingerprint density at radius 2 is 2.05 bits per heavy atom. The van der Waals surface area contributed by atoms with Crippen LogP contribution in [0.4, 0.5) is 13.2 Å². The number of pyridine rings is 1. The van der Waals surface area contributed by atoms with Crippen molar-refractivity contribution in [3.05, 3.63) is 42.1 Å². The SMILES string of the molecule is NNC(CCCC(F)(F)F)c1ccc2ncccc2c1. The Morgan fingerprint density at radius 1 is 1.25 bits per heavy atom. The first-order valence-electron chi connectivity index (χ1n) is 6.37. The maximum absolute atomic E-state index is 12.2. The Kier molecular flexibility index (Phi) is 4.57. The Balaban J connectivity index is 2.09. The number of fused-ring (bicyclic) bond motifs is 1. The van der Waals surface area contributed by atoms with E-state index in [0.717, 1.165) is 16.5 Å². The number of hydrazine groups is 1. The van der Waals surface area contributed by atoms with Gasteiger partial charge in [0, 0.05) is 24.0 Å². The normalized spacial score (nSPS) is 13.6. The van der Waals surface area contributed by atoms with Crippen molar-refractivity contribution >= 4 is 10.9 Å². The van der Waals surface area contributed by atoms with E-state index in [9.17, 15) is 13.2 Å². The van der Waals surface area contributed by atoms with E-state index >= 15 is 0 Å². The lowest BCUT2D eigenvalue weighted by molar-refractivity contribution is -0.135. The van der Waals surface area contributed by atoms with Crippen LogP contribution in [0.3, 0.4) is 0 Å². The van der Waals surface area contributed by atoms with E-state index < -0.39 is 12.6 Å². The van der Waals surface area contributed by atoms with Crippen molar-refractivity contribution in [2.75, 3.05) is 0 Å². The van der Waals surface area contributed by atoms with Crippen LogP contribution in [0.25, 0.3) is 10.9 Å². The second kappa shape index (κ2) is 6.19. The summed E-state index contributed by atoms with van der Waals surface area (Å²) in [5.41, 5.74) is 4.30. The maximum atomic E-state index is 12.2. The van der Waals surface area contributed by atoms with Crippen LogP contribution in [-0.2, 0) is 0 Å². The second-order valence-electron chi connectivity index (χ2n) is 4.68. The van der Waals surface area contributed by atoms with Crippen molar-refractivity contribution in [3.8, 4) is 0 Å². The van der Waals surface area contributed by atoms with Gasteiger partial charge in [-0.3, -0.25) is 16.3 Å². The van der Waals surface area contributed by atoms with E-state index in [1.54, 1.807) is 6.20 Å². The van der Waals surface area contributed by atoms with Crippen LogP contribution in [0, 0.1) is 0 Å². The fraction of sp³-hybridized carbons (Fsp3) is 0.357. The van der Waals surface area contributed by atoms with Gasteiger partial charge in [-0.25, -0.2) is 0 Å². The lowest BCUT2D eigenvalue weighted by Crippen LogP contribution is -2.28. The number of hydrogen-bond donors (Lipinski definition) is 2. The molecule has 108 valence electrons. The van der Waals surface area contributed by atoms with Crippen molar-refractivity contribution in [1.82, 2.24) is 10.4 Å². The average molecular weight is 283 g/mol. The summed E-state index contributed by atoms with van der Waals surface area (Å²) < 4.78 is 36.5. The molecule has 0 saturated heterocycles. The van der Waals surface area contributed by atoms with Crippen molar-refractivity contribution < 1.29 is 13.2 Å². The molecular formula is C14H16F3N3. The Bertz CT molecular complexity index is 569. The number of halogens is 3. The van der Waals surface area contributed by atoms with E-state index in [1.807, 2.05) is 30.3 Å². The van der Waals surface area contributed by atoms with Crippen LogP contribution in [0.2, 0.25) is 0 Å². The number of benzene rings is 1. The van der Waals surface area contributed by atoms with E-state index in [0.29, 0.717) is 6.42 Å². The molecule has 0 spiro atoms. The molecule has 0 aliphatic heterocycles. The maximum Gasteiger partial charge on any atom is 0.389 e. The molecule has 3 N–H and O–H groups in total. The van der Waals surface area contributed by atoms with Gasteiger partial charge in [0.05, 0.1) is 5.52 Å². The zero-order valence-electron chi connectivity index (χ0n) is 10.8. The van der Waals surface area contributed by atoms with Crippen LogP contribution in [0.1, 0.15) is 30.9 Å². The molecule has 1 aromatic heterocycles. The van der Waals surface area contributed by atoms with E-state index in [-0.39, 0.29) is 12.5 Å². The number of alkyl halides is 3. The summed E-state index contributed by atoms with van der Waals surface area (Å²) >= 11 is 0. The fourth-order valence-corrected chi connectivity index (χ4v) is 2.16. The van der Waals surface area contributed by atoms with Crippen molar-refractivity contribution in [3.63, 3.8) is 0 Å². The minimum atomic E-state index is -4.12. The van der Waals surface area contributed by atoms with Gasteiger partial charge < -0.3 is 0 Å². The largest absolute Gasteiger partial charge is 0.389 e. The summed E-state index contributed by atoms with van der Waals surface area (Å²) in [5.74, 6) is 5.45. The van der Waals surface area contributed by atoms with E-state index in [2.05, 4.69) is 10.4 Å². The van der Waals surface area contributed by atoms with Gasteiger partial charge in [-0.15, -0.1) is 0 Å². The molecule has 2 rings (SSSR count). The quantitative estimate of drug-likeness (QED) is 0.652. The van der Waals surface area contributed by atoms with Gasteiger partial charge in [0.25, 0.3) is 0 Å². The van der Waals surface area contributed by atoms with Gasteiger partial charge in [-0.2, -0.15) is 13.2 Å². The summed E-state index contributed by atoms with van der Waals surface area (Å²) in [6, 6.07) is 9.03. The summed E-state index contributed by atoms with van der Waals surface area (Å²) in [6.07, 6.45) is -2.83. The lowest BCUT2D eigenvalue weighted by atomic mass is 10.00. The molecule has 0 aliphatic carbocycles. The molecule has 1 unspecified atom stereocenters. The molecule has 0 aliphatic rings. The molecular weight excluding hydrogens is 267 g/mol. The third-order valence-electron chi connectivity index (χ3n) is 3.18. The number of aromatic nitrogens is 1. The molecule has 0 amide bonds. The smallest absolute Gasteiger partial charge is 0.271 e. The van der Waals surface area contributed by atoms with Gasteiger partial charge in [-0.1, -0.05) is 12.1 Å².